The lowest BCUT2D eigenvalue weighted by molar-refractivity contribution is 0.0599. The van der Waals surface area contributed by atoms with Crippen molar-refractivity contribution < 1.29 is 22.4 Å². The molecule has 7 nitrogen and oxygen atoms in total. The van der Waals surface area contributed by atoms with Gasteiger partial charge in [-0.15, -0.1) is 12.4 Å². The van der Waals surface area contributed by atoms with Crippen molar-refractivity contribution in [2.45, 2.75) is 25.0 Å². The summed E-state index contributed by atoms with van der Waals surface area (Å²) in [4.78, 5) is 11.5. The minimum absolute atomic E-state index is 0. The number of carbonyl (C=O) groups excluding carboxylic acids is 1. The predicted octanol–water partition coefficient (Wildman–Crippen LogP) is 0.779. The molecule has 1 N–H and O–H groups in total. The summed E-state index contributed by atoms with van der Waals surface area (Å²) in [6.07, 6.45) is 0. The van der Waals surface area contributed by atoms with E-state index in [0.717, 1.165) is 0 Å². The highest BCUT2D eigenvalue weighted by Crippen LogP contribution is 2.23. The Morgan fingerprint density at radius 2 is 2.19 bits per heavy atom. The Hall–Kier alpha value is -1.09. The number of rotatable bonds is 3. The van der Waals surface area contributed by atoms with Crippen LogP contribution in [0.15, 0.2) is 15.6 Å². The fourth-order valence-corrected chi connectivity index (χ4v) is 3.64. The second kappa shape index (κ2) is 6.78. The lowest BCUT2D eigenvalue weighted by atomic mass is 10.3. The highest BCUT2D eigenvalue weighted by molar-refractivity contribution is 7.89. The first-order chi connectivity index (χ1) is 9.36. The summed E-state index contributed by atoms with van der Waals surface area (Å²) in [5.41, 5.74) is 0.134. The van der Waals surface area contributed by atoms with E-state index in [1.54, 1.807) is 0 Å². The van der Waals surface area contributed by atoms with Crippen molar-refractivity contribution in [3.63, 3.8) is 0 Å². The minimum Gasteiger partial charge on any atom is -0.465 e. The maximum absolute atomic E-state index is 12.5. The van der Waals surface area contributed by atoms with Crippen LogP contribution in [0.5, 0.6) is 0 Å². The molecule has 2 heterocycles. The van der Waals surface area contributed by atoms with Gasteiger partial charge in [-0.2, -0.15) is 4.31 Å². The molecule has 1 aromatic heterocycles. The number of esters is 1. The van der Waals surface area contributed by atoms with Crippen molar-refractivity contribution in [3.05, 3.63) is 17.4 Å². The number of carbonyl (C=O) groups is 1. The molecule has 1 saturated heterocycles. The van der Waals surface area contributed by atoms with Gasteiger partial charge in [-0.05, 0) is 13.8 Å². The van der Waals surface area contributed by atoms with Gasteiger partial charge in [-0.3, -0.25) is 0 Å². The second-order valence-corrected chi connectivity index (χ2v) is 6.61. The summed E-state index contributed by atoms with van der Waals surface area (Å²) < 4.78 is 36.1. The minimum atomic E-state index is -3.72. The van der Waals surface area contributed by atoms with Gasteiger partial charge in [0.15, 0.2) is 0 Å². The van der Waals surface area contributed by atoms with Crippen molar-refractivity contribution in [1.29, 1.82) is 0 Å². The molecule has 2 rings (SSSR count). The first-order valence-corrected chi connectivity index (χ1v) is 7.72. The quantitative estimate of drug-likeness (QED) is 0.819. The average molecular weight is 339 g/mol. The van der Waals surface area contributed by atoms with Crippen molar-refractivity contribution in [2.75, 3.05) is 26.7 Å². The van der Waals surface area contributed by atoms with E-state index in [1.165, 1.54) is 24.4 Å². The van der Waals surface area contributed by atoms with Gasteiger partial charge < -0.3 is 14.5 Å². The maximum atomic E-state index is 12.5. The normalized spacial score (nSPS) is 19.9. The largest absolute Gasteiger partial charge is 0.465 e. The lowest BCUT2D eigenvalue weighted by Crippen LogP contribution is -2.51. The van der Waals surface area contributed by atoms with Crippen LogP contribution >= 0.6 is 12.4 Å². The number of methoxy groups -OCH3 is 1. The highest BCUT2D eigenvalue weighted by Gasteiger charge is 2.32. The van der Waals surface area contributed by atoms with Crippen LogP contribution in [0.3, 0.4) is 0 Å². The predicted molar refractivity (Wildman–Crippen MR) is 78.3 cm³/mol. The van der Waals surface area contributed by atoms with E-state index in [-0.39, 0.29) is 34.9 Å². The number of aryl methyl sites for hydroxylation is 1. The number of halogens is 1. The fourth-order valence-electron chi connectivity index (χ4n) is 2.14. The van der Waals surface area contributed by atoms with E-state index < -0.39 is 16.0 Å². The van der Waals surface area contributed by atoms with Crippen molar-refractivity contribution in [1.82, 2.24) is 9.62 Å². The molecule has 0 amide bonds. The Balaban J connectivity index is 0.00000220. The van der Waals surface area contributed by atoms with Gasteiger partial charge in [0.25, 0.3) is 10.0 Å². The Kier molecular flexibility index (Phi) is 5.80. The SMILES string of the molecule is COC(=O)c1cc(S(=O)(=O)N2CCNC(C)C2)oc1C.Cl. The summed E-state index contributed by atoms with van der Waals surface area (Å²) in [5.74, 6) is -0.375. The van der Waals surface area contributed by atoms with Crippen molar-refractivity contribution in [3.8, 4) is 0 Å². The Labute approximate surface area is 130 Å². The number of nitrogens with one attached hydrogen (secondary N) is 1. The number of sulfonamides is 1. The van der Waals surface area contributed by atoms with Gasteiger partial charge in [0, 0.05) is 31.7 Å². The monoisotopic (exact) mass is 338 g/mol. The summed E-state index contributed by atoms with van der Waals surface area (Å²) >= 11 is 0. The molecule has 0 saturated carbocycles. The topological polar surface area (TPSA) is 88.9 Å². The van der Waals surface area contributed by atoms with Crippen LogP contribution in [0.4, 0.5) is 0 Å². The van der Waals surface area contributed by atoms with E-state index in [1.807, 2.05) is 6.92 Å². The van der Waals surface area contributed by atoms with Gasteiger partial charge in [0.05, 0.1) is 7.11 Å². The van der Waals surface area contributed by atoms with Crippen molar-refractivity contribution in [2.24, 2.45) is 0 Å². The third-order valence-corrected chi connectivity index (χ3v) is 4.95. The number of ether oxygens (including phenoxy) is 1. The maximum Gasteiger partial charge on any atom is 0.341 e. The van der Waals surface area contributed by atoms with Crippen molar-refractivity contribution >= 4 is 28.4 Å². The van der Waals surface area contributed by atoms with Gasteiger partial charge in [0.2, 0.25) is 5.09 Å². The summed E-state index contributed by atoms with van der Waals surface area (Å²) in [6, 6.07) is 1.30. The van der Waals surface area contributed by atoms with Gasteiger partial charge in [0.1, 0.15) is 11.3 Å². The molecule has 0 bridgehead atoms. The Morgan fingerprint density at radius 3 is 2.76 bits per heavy atom. The molecule has 1 aliphatic rings. The standard InChI is InChI=1S/C12H18N2O5S.ClH/c1-8-7-14(5-4-13-8)20(16,17)11-6-10(9(2)19-11)12(15)18-3;/h6,8,13H,4-5,7H2,1-3H3;1H. The Morgan fingerprint density at radius 1 is 1.52 bits per heavy atom. The number of piperazine rings is 1. The van der Waals surface area contributed by atoms with E-state index in [9.17, 15) is 13.2 Å². The molecule has 0 spiro atoms. The first-order valence-electron chi connectivity index (χ1n) is 6.28. The van der Waals surface area contributed by atoms with E-state index in [4.69, 9.17) is 4.42 Å². The van der Waals surface area contributed by atoms with Gasteiger partial charge in [-0.25, -0.2) is 13.2 Å². The molecule has 120 valence electrons. The van der Waals surface area contributed by atoms with Gasteiger partial charge >= 0.3 is 5.97 Å². The first kappa shape index (κ1) is 18.0. The Bertz CT molecular complexity index is 613. The molecule has 0 aromatic carbocycles. The fraction of sp³-hybridized carbons (Fsp3) is 0.583. The third kappa shape index (κ3) is 3.57. The second-order valence-electron chi connectivity index (χ2n) is 4.75. The molecule has 1 unspecified atom stereocenters. The van der Waals surface area contributed by atoms with Crippen LogP contribution in [-0.2, 0) is 14.8 Å². The molecule has 1 aliphatic heterocycles. The van der Waals surface area contributed by atoms with Crippen LogP contribution in [0.1, 0.15) is 23.0 Å². The van der Waals surface area contributed by atoms with Gasteiger partial charge in [-0.1, -0.05) is 0 Å². The molecular weight excluding hydrogens is 320 g/mol. The molecular formula is C12H19ClN2O5S. The molecule has 1 atom stereocenters. The molecule has 9 heteroatoms. The molecule has 21 heavy (non-hydrogen) atoms. The molecule has 0 aliphatic carbocycles. The van der Waals surface area contributed by atoms with Crippen LogP contribution in [0.25, 0.3) is 0 Å². The zero-order valence-corrected chi connectivity index (χ0v) is 13.7. The summed E-state index contributed by atoms with van der Waals surface area (Å²) in [5, 5.41) is 2.95. The van der Waals surface area contributed by atoms with E-state index in [0.29, 0.717) is 19.6 Å². The number of nitrogens with zero attached hydrogens (tertiary/aromatic N) is 1. The zero-order valence-electron chi connectivity index (χ0n) is 12.1. The molecule has 1 aromatic rings. The zero-order chi connectivity index (χ0) is 14.9. The summed E-state index contributed by atoms with van der Waals surface area (Å²) in [7, 11) is -2.48. The van der Waals surface area contributed by atoms with E-state index in [2.05, 4.69) is 10.1 Å². The van der Waals surface area contributed by atoms with Crippen LogP contribution < -0.4 is 5.32 Å². The number of furan rings is 1. The number of hydrogen-bond acceptors (Lipinski definition) is 6. The van der Waals surface area contributed by atoms with Crippen LogP contribution in [0, 0.1) is 6.92 Å². The van der Waals surface area contributed by atoms with Crippen LogP contribution in [-0.4, -0.2) is 51.5 Å². The average Bonchev–Trinajstić information content (AvgIpc) is 2.80. The molecule has 1 fully saturated rings. The number of hydrogen-bond donors (Lipinski definition) is 1. The third-order valence-electron chi connectivity index (χ3n) is 3.23. The summed E-state index contributed by atoms with van der Waals surface area (Å²) in [6.45, 7) is 4.78. The van der Waals surface area contributed by atoms with Crippen LogP contribution in [0.2, 0.25) is 0 Å². The highest BCUT2D eigenvalue weighted by atomic mass is 35.5. The molecule has 0 radical (unpaired) electrons. The smallest absolute Gasteiger partial charge is 0.341 e. The van der Waals surface area contributed by atoms with E-state index >= 15 is 0 Å². The lowest BCUT2D eigenvalue weighted by Gasteiger charge is -2.30.